The largest absolute Gasteiger partial charge is 0.454 e. The molecule has 0 radical (unpaired) electrons. The zero-order valence-corrected chi connectivity index (χ0v) is 10.6. The SMILES string of the molecule is C=CCN(CC=C)C(=O)Nc1ccc2c(c1)OCO2. The molecule has 2 rings (SSSR count). The molecule has 1 heterocycles. The first kappa shape index (κ1) is 13.0. The van der Waals surface area contributed by atoms with Gasteiger partial charge in [-0.2, -0.15) is 0 Å². The molecule has 1 aromatic carbocycles. The molecule has 0 aromatic heterocycles. The number of nitrogens with one attached hydrogen (secondary N) is 1. The molecule has 1 aliphatic heterocycles. The summed E-state index contributed by atoms with van der Waals surface area (Å²) >= 11 is 0. The normalized spacial score (nSPS) is 11.8. The van der Waals surface area contributed by atoms with Crippen LogP contribution in [0.25, 0.3) is 0 Å². The van der Waals surface area contributed by atoms with Gasteiger partial charge < -0.3 is 19.7 Å². The number of hydrogen-bond donors (Lipinski definition) is 1. The second-order valence-electron chi connectivity index (χ2n) is 3.98. The predicted octanol–water partition coefficient (Wildman–Crippen LogP) is 2.62. The standard InChI is InChI=1S/C14H16N2O3/c1-3-7-16(8-4-2)14(17)15-11-5-6-12-13(9-11)19-10-18-12/h3-6,9H,1-2,7-8,10H2,(H,15,17). The topological polar surface area (TPSA) is 50.8 Å². The number of ether oxygens (including phenoxy) is 2. The Kier molecular flexibility index (Phi) is 4.07. The van der Waals surface area contributed by atoms with Crippen LogP contribution in [0, 0.1) is 0 Å². The Labute approximate surface area is 112 Å². The maximum absolute atomic E-state index is 12.0. The van der Waals surface area contributed by atoms with E-state index in [0.717, 1.165) is 0 Å². The molecule has 0 bridgehead atoms. The zero-order valence-electron chi connectivity index (χ0n) is 10.6. The van der Waals surface area contributed by atoms with Gasteiger partial charge in [0.05, 0.1) is 0 Å². The Balaban J connectivity index is 2.05. The number of anilines is 1. The maximum atomic E-state index is 12.0. The van der Waals surface area contributed by atoms with E-state index in [1.165, 1.54) is 0 Å². The molecule has 0 spiro atoms. The van der Waals surface area contributed by atoms with E-state index in [1.807, 2.05) is 0 Å². The molecule has 100 valence electrons. The third kappa shape index (κ3) is 3.07. The summed E-state index contributed by atoms with van der Waals surface area (Å²) in [5, 5.41) is 2.80. The van der Waals surface area contributed by atoms with E-state index in [9.17, 15) is 4.79 Å². The molecule has 1 aliphatic rings. The molecule has 5 nitrogen and oxygen atoms in total. The van der Waals surface area contributed by atoms with E-state index in [-0.39, 0.29) is 12.8 Å². The number of amides is 2. The molecule has 2 amide bonds. The Bertz CT molecular complexity index is 489. The minimum atomic E-state index is -0.210. The average molecular weight is 260 g/mol. The molecule has 1 aromatic rings. The Morgan fingerprint density at radius 2 is 1.95 bits per heavy atom. The van der Waals surface area contributed by atoms with Crippen molar-refractivity contribution in [2.45, 2.75) is 0 Å². The van der Waals surface area contributed by atoms with E-state index in [2.05, 4.69) is 18.5 Å². The molecule has 1 N–H and O–H groups in total. The number of carbonyl (C=O) groups excluding carboxylic acids is 1. The van der Waals surface area contributed by atoms with Gasteiger partial charge in [-0.3, -0.25) is 0 Å². The van der Waals surface area contributed by atoms with E-state index < -0.39 is 0 Å². The average Bonchev–Trinajstić information content (AvgIpc) is 2.86. The van der Waals surface area contributed by atoms with E-state index in [4.69, 9.17) is 9.47 Å². The monoisotopic (exact) mass is 260 g/mol. The number of carbonyl (C=O) groups is 1. The lowest BCUT2D eigenvalue weighted by atomic mass is 10.3. The van der Waals surface area contributed by atoms with Crippen LogP contribution < -0.4 is 14.8 Å². The van der Waals surface area contributed by atoms with Gasteiger partial charge in [-0.05, 0) is 12.1 Å². The highest BCUT2D eigenvalue weighted by molar-refractivity contribution is 5.90. The van der Waals surface area contributed by atoms with Crippen molar-refractivity contribution in [3.63, 3.8) is 0 Å². The van der Waals surface area contributed by atoms with Crippen LogP contribution in [-0.4, -0.2) is 30.8 Å². The lowest BCUT2D eigenvalue weighted by molar-refractivity contribution is 0.174. The zero-order chi connectivity index (χ0) is 13.7. The predicted molar refractivity (Wildman–Crippen MR) is 73.6 cm³/mol. The van der Waals surface area contributed by atoms with Crippen LogP contribution in [0.2, 0.25) is 0 Å². The van der Waals surface area contributed by atoms with Gasteiger partial charge in [0, 0.05) is 24.8 Å². The van der Waals surface area contributed by atoms with Gasteiger partial charge in [0.25, 0.3) is 0 Å². The van der Waals surface area contributed by atoms with Crippen LogP contribution in [-0.2, 0) is 0 Å². The number of fused-ring (bicyclic) bond motifs is 1. The molecule has 5 heteroatoms. The van der Waals surface area contributed by atoms with Crippen molar-refractivity contribution in [1.29, 1.82) is 0 Å². The van der Waals surface area contributed by atoms with Gasteiger partial charge in [0.2, 0.25) is 6.79 Å². The first-order valence-electron chi connectivity index (χ1n) is 5.92. The first-order valence-corrected chi connectivity index (χ1v) is 5.92. The van der Waals surface area contributed by atoms with Crippen molar-refractivity contribution in [2.24, 2.45) is 0 Å². The first-order chi connectivity index (χ1) is 9.24. The van der Waals surface area contributed by atoms with Gasteiger partial charge in [-0.1, -0.05) is 12.2 Å². The summed E-state index contributed by atoms with van der Waals surface area (Å²) in [7, 11) is 0. The fourth-order valence-electron chi connectivity index (χ4n) is 1.73. The number of hydrogen-bond acceptors (Lipinski definition) is 3. The number of nitrogens with zero attached hydrogens (tertiary/aromatic N) is 1. The summed E-state index contributed by atoms with van der Waals surface area (Å²) in [5.74, 6) is 1.32. The second-order valence-corrected chi connectivity index (χ2v) is 3.98. The van der Waals surface area contributed by atoms with Crippen molar-refractivity contribution in [3.05, 3.63) is 43.5 Å². The lowest BCUT2D eigenvalue weighted by Crippen LogP contribution is -2.35. The highest BCUT2D eigenvalue weighted by Crippen LogP contribution is 2.34. The van der Waals surface area contributed by atoms with Crippen LogP contribution in [0.5, 0.6) is 11.5 Å². The molecule has 0 fully saturated rings. The van der Waals surface area contributed by atoms with Crippen molar-refractivity contribution in [3.8, 4) is 11.5 Å². The van der Waals surface area contributed by atoms with Crippen molar-refractivity contribution < 1.29 is 14.3 Å². The van der Waals surface area contributed by atoms with E-state index in [0.29, 0.717) is 30.3 Å². The highest BCUT2D eigenvalue weighted by Gasteiger charge is 2.15. The van der Waals surface area contributed by atoms with Crippen molar-refractivity contribution >= 4 is 11.7 Å². The molecule has 0 saturated carbocycles. The van der Waals surface area contributed by atoms with E-state index >= 15 is 0 Å². The molecular weight excluding hydrogens is 244 g/mol. The summed E-state index contributed by atoms with van der Waals surface area (Å²) in [6.07, 6.45) is 3.34. The van der Waals surface area contributed by atoms with Crippen LogP contribution in [0.15, 0.2) is 43.5 Å². The van der Waals surface area contributed by atoms with Gasteiger partial charge in [-0.25, -0.2) is 4.79 Å². The summed E-state index contributed by atoms with van der Waals surface area (Å²) in [6.45, 7) is 8.39. The van der Waals surface area contributed by atoms with Gasteiger partial charge in [0.15, 0.2) is 11.5 Å². The van der Waals surface area contributed by atoms with Gasteiger partial charge in [0.1, 0.15) is 0 Å². The minimum absolute atomic E-state index is 0.210. The molecule has 0 saturated heterocycles. The number of urea groups is 1. The van der Waals surface area contributed by atoms with Crippen molar-refractivity contribution in [2.75, 3.05) is 25.2 Å². The highest BCUT2D eigenvalue weighted by atomic mass is 16.7. The fraction of sp³-hybridized carbons (Fsp3) is 0.214. The fourth-order valence-corrected chi connectivity index (χ4v) is 1.73. The maximum Gasteiger partial charge on any atom is 0.322 e. The summed E-state index contributed by atoms with van der Waals surface area (Å²) in [6, 6.07) is 5.06. The van der Waals surface area contributed by atoms with Gasteiger partial charge in [-0.15, -0.1) is 13.2 Å². The quantitative estimate of drug-likeness (QED) is 0.828. The molecule has 0 atom stereocenters. The third-order valence-electron chi connectivity index (χ3n) is 2.61. The molecule has 0 unspecified atom stereocenters. The van der Waals surface area contributed by atoms with Crippen molar-refractivity contribution in [1.82, 2.24) is 4.90 Å². The minimum Gasteiger partial charge on any atom is -0.454 e. The summed E-state index contributed by atoms with van der Waals surface area (Å²) in [4.78, 5) is 13.6. The Morgan fingerprint density at radius 3 is 2.63 bits per heavy atom. The smallest absolute Gasteiger partial charge is 0.322 e. The van der Waals surface area contributed by atoms with Crippen LogP contribution in [0.1, 0.15) is 0 Å². The van der Waals surface area contributed by atoms with Crippen LogP contribution in [0.3, 0.4) is 0 Å². The molecule has 0 aliphatic carbocycles. The summed E-state index contributed by atoms with van der Waals surface area (Å²) < 4.78 is 10.5. The third-order valence-corrected chi connectivity index (χ3v) is 2.61. The van der Waals surface area contributed by atoms with E-state index in [1.54, 1.807) is 35.3 Å². The van der Waals surface area contributed by atoms with Crippen LogP contribution in [0.4, 0.5) is 10.5 Å². The molecule has 19 heavy (non-hydrogen) atoms. The molecular formula is C14H16N2O3. The Morgan fingerprint density at radius 1 is 1.26 bits per heavy atom. The summed E-state index contributed by atoms with van der Waals surface area (Å²) in [5.41, 5.74) is 0.660. The van der Waals surface area contributed by atoms with Crippen LogP contribution >= 0.6 is 0 Å². The lowest BCUT2D eigenvalue weighted by Gasteiger charge is -2.19. The Hall–Kier alpha value is -2.43. The number of benzene rings is 1. The second kappa shape index (κ2) is 5.95. The van der Waals surface area contributed by atoms with Gasteiger partial charge >= 0.3 is 6.03 Å². The number of rotatable bonds is 5.